The summed E-state index contributed by atoms with van der Waals surface area (Å²) in [7, 11) is -2.75. The van der Waals surface area contributed by atoms with Crippen molar-refractivity contribution >= 4 is 27.5 Å². The van der Waals surface area contributed by atoms with E-state index < -0.39 is 27.9 Å². The molecule has 0 radical (unpaired) electrons. The second-order valence-corrected chi connectivity index (χ2v) is 8.79. The fourth-order valence-electron chi connectivity index (χ4n) is 3.29. The lowest BCUT2D eigenvalue weighted by atomic mass is 10.1. The van der Waals surface area contributed by atoms with Crippen LogP contribution in [0, 0.1) is 6.92 Å². The van der Waals surface area contributed by atoms with Crippen LogP contribution < -0.4 is 10.1 Å². The summed E-state index contributed by atoms with van der Waals surface area (Å²) >= 11 is 0. The number of ether oxygens (including phenoxy) is 1. The summed E-state index contributed by atoms with van der Waals surface area (Å²) in [6, 6.07) is 9.02. The Bertz CT molecular complexity index is 1240. The van der Waals surface area contributed by atoms with Crippen LogP contribution in [0.25, 0.3) is 0 Å². The molecule has 33 heavy (non-hydrogen) atoms. The maximum atomic E-state index is 13.0. The smallest absolute Gasteiger partial charge is 0.416 e. The molecule has 3 rings (SSSR count). The minimum absolute atomic E-state index is 0.0252. The van der Waals surface area contributed by atoms with Gasteiger partial charge >= 0.3 is 16.4 Å². The fraction of sp³-hybridized carbons (Fsp3) is 0.273. The zero-order valence-corrected chi connectivity index (χ0v) is 18.9. The molecule has 0 atom stereocenters. The number of carbonyl (C=O) groups is 1. The normalized spacial score (nSPS) is 15.5. The number of carbonyl (C=O) groups excluding carboxylic acids is 1. The molecule has 1 aliphatic heterocycles. The lowest BCUT2D eigenvalue weighted by Gasteiger charge is -2.27. The first-order valence-electron chi connectivity index (χ1n) is 9.94. The number of hydrogen-bond donors (Lipinski definition) is 1. The van der Waals surface area contributed by atoms with Crippen LogP contribution in [0.3, 0.4) is 0 Å². The Labute approximate surface area is 189 Å². The molecule has 2 aromatic rings. The van der Waals surface area contributed by atoms with E-state index in [0.29, 0.717) is 17.7 Å². The highest BCUT2D eigenvalue weighted by Crippen LogP contribution is 2.31. The summed E-state index contributed by atoms with van der Waals surface area (Å²) in [6.07, 6.45) is -2.89. The predicted molar refractivity (Wildman–Crippen MR) is 118 cm³/mol. The van der Waals surface area contributed by atoms with E-state index >= 15 is 0 Å². The van der Waals surface area contributed by atoms with E-state index in [0.717, 1.165) is 28.1 Å². The summed E-state index contributed by atoms with van der Waals surface area (Å²) < 4.78 is 74.7. The molecule has 0 spiro atoms. The van der Waals surface area contributed by atoms with E-state index in [1.54, 1.807) is 32.0 Å². The average molecular weight is 481 g/mol. The number of amides is 1. The highest BCUT2D eigenvalue weighted by molar-refractivity contribution is 7.88. The van der Waals surface area contributed by atoms with E-state index in [4.69, 9.17) is 4.74 Å². The Morgan fingerprint density at radius 1 is 1.18 bits per heavy atom. The topological polar surface area (TPSA) is 88.1 Å². The number of rotatable bonds is 6. The number of hydrogen-bond acceptors (Lipinski definition) is 4. The van der Waals surface area contributed by atoms with Crippen molar-refractivity contribution in [2.24, 2.45) is 4.40 Å². The van der Waals surface area contributed by atoms with Crippen molar-refractivity contribution in [1.29, 1.82) is 0 Å². The molecule has 1 N–H and O–H groups in total. The van der Waals surface area contributed by atoms with Gasteiger partial charge < -0.3 is 10.1 Å². The first kappa shape index (κ1) is 24.3. The van der Waals surface area contributed by atoms with E-state index in [-0.39, 0.29) is 23.6 Å². The number of nitrogens with one attached hydrogen (secondary N) is 1. The van der Waals surface area contributed by atoms with Crippen LogP contribution in [0.5, 0.6) is 5.75 Å². The van der Waals surface area contributed by atoms with Crippen LogP contribution in [0.15, 0.2) is 58.6 Å². The third-order valence-corrected chi connectivity index (χ3v) is 6.20. The predicted octanol–water partition coefficient (Wildman–Crippen LogP) is 4.30. The number of halogens is 3. The lowest BCUT2D eigenvalue weighted by molar-refractivity contribution is -0.137. The summed E-state index contributed by atoms with van der Waals surface area (Å²) in [4.78, 5) is 13.0. The number of alkyl halides is 3. The van der Waals surface area contributed by atoms with Crippen molar-refractivity contribution < 1.29 is 31.1 Å². The first-order chi connectivity index (χ1) is 15.5. The molecule has 176 valence electrons. The zero-order chi connectivity index (χ0) is 24.4. The van der Waals surface area contributed by atoms with Crippen molar-refractivity contribution in [2.75, 3.05) is 19.0 Å². The van der Waals surface area contributed by atoms with E-state index in [9.17, 15) is 26.4 Å². The summed E-state index contributed by atoms with van der Waals surface area (Å²) in [5, 5.41) is 2.36. The lowest BCUT2D eigenvalue weighted by Crippen LogP contribution is -2.38. The molecule has 0 aromatic heterocycles. The maximum Gasteiger partial charge on any atom is 0.416 e. The number of allylic oxidation sites excluding steroid dienone is 1. The van der Waals surface area contributed by atoms with Gasteiger partial charge in [0.2, 0.25) is 0 Å². The van der Waals surface area contributed by atoms with Crippen molar-refractivity contribution in [3.63, 3.8) is 0 Å². The first-order valence-corrected chi connectivity index (χ1v) is 11.3. The third kappa shape index (κ3) is 5.36. The van der Waals surface area contributed by atoms with Gasteiger partial charge in [-0.3, -0.25) is 4.79 Å². The monoisotopic (exact) mass is 481 g/mol. The van der Waals surface area contributed by atoms with Crippen LogP contribution in [0.4, 0.5) is 18.9 Å². The number of methoxy groups -OCH3 is 1. The van der Waals surface area contributed by atoms with Crippen molar-refractivity contribution in [1.82, 2.24) is 4.31 Å². The second kappa shape index (κ2) is 9.26. The van der Waals surface area contributed by atoms with Crippen LogP contribution in [-0.2, 0) is 21.2 Å². The van der Waals surface area contributed by atoms with Gasteiger partial charge in [-0.05, 0) is 61.4 Å². The average Bonchev–Trinajstić information content (AvgIpc) is 2.74. The van der Waals surface area contributed by atoms with Gasteiger partial charge in [0.15, 0.2) is 0 Å². The largest absolute Gasteiger partial charge is 0.496 e. The second-order valence-electron chi connectivity index (χ2n) is 7.27. The minimum atomic E-state index is -4.59. The molecular weight excluding hydrogens is 459 g/mol. The molecule has 0 saturated heterocycles. The van der Waals surface area contributed by atoms with Gasteiger partial charge in [-0.1, -0.05) is 13.0 Å². The SMILES string of the molecule is CCCN1C(C(=O)Nc2cccc(C(F)(F)F)c2)=CC(c2ccc(OC)c(C)c2)=NS1(=O)=O. The quantitative estimate of drug-likeness (QED) is 0.666. The van der Waals surface area contributed by atoms with Gasteiger partial charge in [0, 0.05) is 17.8 Å². The standard InChI is InChI=1S/C22H22F3N3O4S/c1-4-10-28-19(21(29)26-17-7-5-6-16(12-17)22(23,24)25)13-18(27-33(28,30)31)15-8-9-20(32-3)14(2)11-15/h5-9,11-13H,4,10H2,1-3H3,(H,26,29). The Balaban J connectivity index is 2.02. The molecule has 0 bridgehead atoms. The number of anilines is 1. The number of aryl methyl sites for hydroxylation is 1. The summed E-state index contributed by atoms with van der Waals surface area (Å²) in [5.74, 6) is -0.277. The van der Waals surface area contributed by atoms with Gasteiger partial charge in [0.25, 0.3) is 5.91 Å². The molecule has 0 unspecified atom stereocenters. The zero-order valence-electron chi connectivity index (χ0n) is 18.1. The van der Waals surface area contributed by atoms with Crippen LogP contribution >= 0.6 is 0 Å². The van der Waals surface area contributed by atoms with Gasteiger partial charge in [-0.2, -0.15) is 21.6 Å². The Hall–Kier alpha value is -3.34. The van der Waals surface area contributed by atoms with Crippen molar-refractivity contribution in [2.45, 2.75) is 26.4 Å². The molecule has 1 heterocycles. The molecule has 1 amide bonds. The van der Waals surface area contributed by atoms with Gasteiger partial charge in [-0.25, -0.2) is 4.31 Å². The minimum Gasteiger partial charge on any atom is -0.496 e. The van der Waals surface area contributed by atoms with Crippen molar-refractivity contribution in [3.8, 4) is 5.75 Å². The molecule has 1 aliphatic rings. The van der Waals surface area contributed by atoms with Crippen LogP contribution in [0.1, 0.15) is 30.0 Å². The molecular formula is C22H22F3N3O4S. The highest BCUT2D eigenvalue weighted by atomic mass is 32.2. The molecule has 2 aromatic carbocycles. The molecule has 0 aliphatic carbocycles. The number of nitrogens with zero attached hydrogens (tertiary/aromatic N) is 2. The van der Waals surface area contributed by atoms with Gasteiger partial charge in [0.05, 0.1) is 18.4 Å². The van der Waals surface area contributed by atoms with E-state index in [1.807, 2.05) is 0 Å². The Morgan fingerprint density at radius 3 is 2.52 bits per heavy atom. The van der Waals surface area contributed by atoms with Crippen LogP contribution in [-0.4, -0.2) is 38.0 Å². The maximum absolute atomic E-state index is 13.0. The van der Waals surface area contributed by atoms with Gasteiger partial charge in [-0.15, -0.1) is 4.40 Å². The van der Waals surface area contributed by atoms with Crippen LogP contribution in [0.2, 0.25) is 0 Å². The summed E-state index contributed by atoms with van der Waals surface area (Å²) in [5.41, 5.74) is -0.0947. The molecule has 7 nitrogen and oxygen atoms in total. The van der Waals surface area contributed by atoms with Crippen molar-refractivity contribution in [3.05, 3.63) is 70.9 Å². The molecule has 0 fully saturated rings. The van der Waals surface area contributed by atoms with E-state index in [2.05, 4.69) is 9.71 Å². The summed E-state index contributed by atoms with van der Waals surface area (Å²) in [6.45, 7) is 3.47. The highest BCUT2D eigenvalue weighted by Gasteiger charge is 2.34. The van der Waals surface area contributed by atoms with E-state index in [1.165, 1.54) is 19.3 Å². The Kier molecular flexibility index (Phi) is 6.82. The van der Waals surface area contributed by atoms with Gasteiger partial charge in [0.1, 0.15) is 11.4 Å². The number of benzene rings is 2. The Morgan fingerprint density at radius 2 is 1.91 bits per heavy atom. The molecule has 11 heteroatoms. The fourth-order valence-corrected chi connectivity index (χ4v) is 4.59. The molecule has 0 saturated carbocycles. The third-order valence-electron chi connectivity index (χ3n) is 4.83.